The molecule has 0 aromatic carbocycles. The molecule has 2 N–H and O–H groups in total. The van der Waals surface area contributed by atoms with Crippen molar-refractivity contribution in [3.63, 3.8) is 0 Å². The van der Waals surface area contributed by atoms with Gasteiger partial charge >= 0.3 is 6.09 Å². The molecule has 33 heavy (non-hydrogen) atoms. The summed E-state index contributed by atoms with van der Waals surface area (Å²) < 4.78 is 1.67. The van der Waals surface area contributed by atoms with E-state index in [-0.39, 0.29) is 30.6 Å². The average Bonchev–Trinajstić information content (AvgIpc) is 3.26. The van der Waals surface area contributed by atoms with E-state index in [0.29, 0.717) is 48.2 Å². The molecule has 0 unspecified atom stereocenters. The largest absolute Gasteiger partial charge is 0.465 e. The standard InChI is InChI=1S/C24H31N5O4/c1-24(2)16-7-6-15(17(24)12-16)13-25-21(30)19-4-3-5-20-26-18(14-29(19)20)22(31)27-8-10-28(11-9-27)23(32)33/h3-5,14-17H,6-13H2,1-2H3,(H,25,30)(H,32,33)/t15-,16-,17-/m0/s1. The Bertz CT molecular complexity index is 1100. The molecular formula is C24H31N5O4. The van der Waals surface area contributed by atoms with E-state index < -0.39 is 6.09 Å². The second-order valence-electron chi connectivity index (χ2n) is 10.2. The Balaban J connectivity index is 1.27. The van der Waals surface area contributed by atoms with Gasteiger partial charge in [-0.05, 0) is 54.6 Å². The summed E-state index contributed by atoms with van der Waals surface area (Å²) in [5.74, 6) is 1.60. The minimum absolute atomic E-state index is 0.161. The molecule has 4 aliphatic rings. The molecule has 4 fully saturated rings. The Morgan fingerprint density at radius 3 is 2.52 bits per heavy atom. The fraction of sp³-hybridized carbons (Fsp3) is 0.583. The van der Waals surface area contributed by atoms with Gasteiger partial charge in [-0.3, -0.25) is 14.0 Å². The maximum atomic E-state index is 13.0. The zero-order valence-corrected chi connectivity index (χ0v) is 19.2. The third-order valence-electron chi connectivity index (χ3n) is 8.31. The van der Waals surface area contributed by atoms with Crippen LogP contribution in [0, 0.1) is 23.2 Å². The third kappa shape index (κ3) is 3.73. The van der Waals surface area contributed by atoms with Crippen molar-refractivity contribution in [2.24, 2.45) is 23.2 Å². The Hall–Kier alpha value is -3.10. The number of pyridine rings is 1. The lowest BCUT2D eigenvalue weighted by Crippen LogP contribution is -2.54. The highest BCUT2D eigenvalue weighted by Crippen LogP contribution is 2.61. The van der Waals surface area contributed by atoms with Crippen LogP contribution in [0.1, 0.15) is 54.1 Å². The zero-order valence-electron chi connectivity index (χ0n) is 19.2. The van der Waals surface area contributed by atoms with Crippen LogP contribution in [-0.2, 0) is 0 Å². The van der Waals surface area contributed by atoms with Gasteiger partial charge in [-0.1, -0.05) is 19.9 Å². The zero-order chi connectivity index (χ0) is 23.3. The molecule has 0 radical (unpaired) electrons. The minimum Gasteiger partial charge on any atom is -0.465 e. The normalized spacial score (nSPS) is 26.1. The first kappa shape index (κ1) is 21.7. The molecule has 0 spiro atoms. The molecule has 2 aromatic rings. The number of imidazole rings is 1. The molecule has 3 amide bonds. The lowest BCUT2D eigenvalue weighted by atomic mass is 9.45. The van der Waals surface area contributed by atoms with Crippen molar-refractivity contribution < 1.29 is 19.5 Å². The molecule has 3 heterocycles. The van der Waals surface area contributed by atoms with Crippen LogP contribution in [0.25, 0.3) is 5.65 Å². The van der Waals surface area contributed by atoms with E-state index in [4.69, 9.17) is 5.11 Å². The van der Waals surface area contributed by atoms with Crippen molar-refractivity contribution in [2.45, 2.75) is 33.1 Å². The molecular weight excluding hydrogens is 422 g/mol. The number of carbonyl (C=O) groups is 3. The summed E-state index contributed by atoms with van der Waals surface area (Å²) in [6.45, 7) is 6.59. The minimum atomic E-state index is -0.973. The summed E-state index contributed by atoms with van der Waals surface area (Å²) in [6.07, 6.45) is 4.32. The number of carbonyl (C=O) groups excluding carboxylic acids is 2. The molecule has 3 atom stereocenters. The number of piperazine rings is 1. The number of fused-ring (bicyclic) bond motifs is 3. The number of hydrogen-bond donors (Lipinski definition) is 2. The summed E-state index contributed by atoms with van der Waals surface area (Å²) in [6, 6.07) is 5.29. The second kappa shape index (κ2) is 8.04. The molecule has 3 aliphatic carbocycles. The smallest absolute Gasteiger partial charge is 0.407 e. The van der Waals surface area contributed by atoms with Crippen LogP contribution >= 0.6 is 0 Å². The van der Waals surface area contributed by atoms with Crippen LogP contribution in [0.2, 0.25) is 0 Å². The van der Waals surface area contributed by atoms with Crippen molar-refractivity contribution in [3.8, 4) is 0 Å². The molecule has 9 heteroatoms. The summed E-state index contributed by atoms with van der Waals surface area (Å²) >= 11 is 0. The number of carboxylic acid groups (broad SMARTS) is 1. The van der Waals surface area contributed by atoms with Gasteiger partial charge in [-0.25, -0.2) is 9.78 Å². The van der Waals surface area contributed by atoms with Crippen molar-refractivity contribution in [1.82, 2.24) is 24.5 Å². The molecule has 2 bridgehead atoms. The van der Waals surface area contributed by atoms with Gasteiger partial charge in [0, 0.05) is 38.9 Å². The molecule has 9 nitrogen and oxygen atoms in total. The van der Waals surface area contributed by atoms with E-state index in [1.807, 2.05) is 0 Å². The number of rotatable bonds is 4. The van der Waals surface area contributed by atoms with Crippen molar-refractivity contribution in [2.75, 3.05) is 32.7 Å². The number of nitrogens with one attached hydrogen (secondary N) is 1. The molecule has 3 saturated carbocycles. The van der Waals surface area contributed by atoms with Crippen molar-refractivity contribution >= 4 is 23.6 Å². The van der Waals surface area contributed by atoms with Gasteiger partial charge in [0.25, 0.3) is 11.8 Å². The molecule has 1 aliphatic heterocycles. The van der Waals surface area contributed by atoms with Gasteiger partial charge in [-0.15, -0.1) is 0 Å². The first-order valence-corrected chi connectivity index (χ1v) is 11.8. The SMILES string of the molecule is CC1(C)[C@H]2CC[C@@H](CNC(=O)c3cccc4nc(C(=O)N5CCN(C(=O)O)CC5)cn34)[C@@H]1C2. The first-order chi connectivity index (χ1) is 15.8. The van der Waals surface area contributed by atoms with E-state index in [2.05, 4.69) is 24.1 Å². The average molecular weight is 454 g/mol. The predicted octanol–water partition coefficient (Wildman–Crippen LogP) is 2.57. The summed E-state index contributed by atoms with van der Waals surface area (Å²) in [5.41, 5.74) is 1.63. The number of amides is 3. The van der Waals surface area contributed by atoms with Crippen LogP contribution in [0.4, 0.5) is 4.79 Å². The van der Waals surface area contributed by atoms with E-state index in [1.54, 1.807) is 33.7 Å². The van der Waals surface area contributed by atoms with E-state index in [9.17, 15) is 14.4 Å². The van der Waals surface area contributed by atoms with Crippen LogP contribution in [0.15, 0.2) is 24.4 Å². The number of hydrogen-bond acceptors (Lipinski definition) is 4. The van der Waals surface area contributed by atoms with Crippen LogP contribution in [0.3, 0.4) is 0 Å². The highest BCUT2D eigenvalue weighted by Gasteiger charge is 2.53. The van der Waals surface area contributed by atoms with Gasteiger partial charge in [0.15, 0.2) is 0 Å². The van der Waals surface area contributed by atoms with Gasteiger partial charge in [0.1, 0.15) is 17.0 Å². The van der Waals surface area contributed by atoms with Gasteiger partial charge in [-0.2, -0.15) is 0 Å². The fourth-order valence-corrected chi connectivity index (χ4v) is 6.08. The van der Waals surface area contributed by atoms with Crippen LogP contribution < -0.4 is 5.32 Å². The Morgan fingerprint density at radius 2 is 1.85 bits per heavy atom. The van der Waals surface area contributed by atoms with E-state index >= 15 is 0 Å². The number of nitrogens with zero attached hydrogens (tertiary/aromatic N) is 4. The summed E-state index contributed by atoms with van der Waals surface area (Å²) in [7, 11) is 0. The summed E-state index contributed by atoms with van der Waals surface area (Å²) in [4.78, 5) is 44.4. The Kier molecular flexibility index (Phi) is 5.29. The van der Waals surface area contributed by atoms with Crippen molar-refractivity contribution in [3.05, 3.63) is 35.8 Å². The quantitative estimate of drug-likeness (QED) is 0.740. The van der Waals surface area contributed by atoms with Crippen LogP contribution in [0.5, 0.6) is 0 Å². The van der Waals surface area contributed by atoms with E-state index in [1.165, 1.54) is 24.2 Å². The number of aromatic nitrogens is 2. The summed E-state index contributed by atoms with van der Waals surface area (Å²) in [5, 5.41) is 12.2. The Labute approximate surface area is 192 Å². The highest BCUT2D eigenvalue weighted by molar-refractivity contribution is 5.95. The fourth-order valence-electron chi connectivity index (χ4n) is 6.08. The van der Waals surface area contributed by atoms with Gasteiger partial charge in [0.2, 0.25) is 0 Å². The maximum absolute atomic E-state index is 13.0. The predicted molar refractivity (Wildman–Crippen MR) is 121 cm³/mol. The maximum Gasteiger partial charge on any atom is 0.407 e. The van der Waals surface area contributed by atoms with Gasteiger partial charge < -0.3 is 20.2 Å². The lowest BCUT2D eigenvalue weighted by Gasteiger charge is -2.60. The first-order valence-electron chi connectivity index (χ1n) is 11.8. The Morgan fingerprint density at radius 1 is 1.12 bits per heavy atom. The third-order valence-corrected chi connectivity index (χ3v) is 8.31. The molecule has 1 saturated heterocycles. The monoisotopic (exact) mass is 453 g/mol. The van der Waals surface area contributed by atoms with Crippen molar-refractivity contribution in [1.29, 1.82) is 0 Å². The highest BCUT2D eigenvalue weighted by atomic mass is 16.4. The van der Waals surface area contributed by atoms with Gasteiger partial charge in [0.05, 0.1) is 0 Å². The second-order valence-corrected chi connectivity index (χ2v) is 10.2. The molecule has 176 valence electrons. The topological polar surface area (TPSA) is 107 Å². The molecule has 6 rings (SSSR count). The lowest BCUT2D eigenvalue weighted by molar-refractivity contribution is -0.103. The van der Waals surface area contributed by atoms with Crippen LogP contribution in [-0.4, -0.2) is 74.9 Å². The van der Waals surface area contributed by atoms with E-state index in [0.717, 1.165) is 5.92 Å². The molecule has 2 aromatic heterocycles.